The molecule has 1 amide bonds. The van der Waals surface area contributed by atoms with Gasteiger partial charge in [0, 0.05) is 24.5 Å². The lowest BCUT2D eigenvalue weighted by atomic mass is 10.2. The van der Waals surface area contributed by atoms with Crippen LogP contribution in [0.1, 0.15) is 12.8 Å². The molecule has 0 N–H and O–H groups in total. The molecule has 2 rings (SSSR count). The van der Waals surface area contributed by atoms with Crippen molar-refractivity contribution in [3.63, 3.8) is 0 Å². The summed E-state index contributed by atoms with van der Waals surface area (Å²) < 4.78 is 0. The van der Waals surface area contributed by atoms with Crippen molar-refractivity contribution in [1.29, 1.82) is 0 Å². The molecule has 1 aliphatic rings. The number of nitrogens with zero attached hydrogens (tertiary/aromatic N) is 3. The van der Waals surface area contributed by atoms with Gasteiger partial charge in [-0.3, -0.25) is 14.9 Å². The van der Waals surface area contributed by atoms with Gasteiger partial charge in [0.15, 0.2) is 0 Å². The third-order valence-corrected chi connectivity index (χ3v) is 2.47. The van der Waals surface area contributed by atoms with Gasteiger partial charge >= 0.3 is 0 Å². The van der Waals surface area contributed by atoms with Crippen molar-refractivity contribution in [2.24, 2.45) is 5.10 Å². The van der Waals surface area contributed by atoms with Crippen LogP contribution in [0.25, 0.3) is 0 Å². The van der Waals surface area contributed by atoms with Gasteiger partial charge in [-0.2, -0.15) is 5.10 Å². The van der Waals surface area contributed by atoms with Crippen LogP contribution in [0.3, 0.4) is 0 Å². The second-order valence-electron chi connectivity index (χ2n) is 3.87. The Kier molecular flexibility index (Phi) is 3.23. The van der Waals surface area contributed by atoms with Crippen molar-refractivity contribution >= 4 is 29.0 Å². The smallest absolute Gasteiger partial charge is 0.271 e. The molecule has 1 aliphatic heterocycles. The van der Waals surface area contributed by atoms with Crippen LogP contribution in [-0.4, -0.2) is 22.5 Å². The van der Waals surface area contributed by atoms with Gasteiger partial charge in [-0.05, 0) is 6.07 Å². The second kappa shape index (κ2) is 4.84. The number of carbonyl (C=O) groups excluding carboxylic acids is 2. The third kappa shape index (κ3) is 2.73. The van der Waals surface area contributed by atoms with Crippen molar-refractivity contribution in [2.45, 2.75) is 12.8 Å². The monoisotopic (exact) mass is 262 g/mol. The molecule has 0 atom stereocenters. The highest BCUT2D eigenvalue weighted by Gasteiger charge is 2.26. The average Bonchev–Trinajstić information content (AvgIpc) is 2.69. The number of amides is 1. The van der Waals surface area contributed by atoms with Crippen LogP contribution < -0.4 is 10.1 Å². The number of hydrogen-bond donors (Lipinski definition) is 0. The predicted molar refractivity (Wildman–Crippen MR) is 62.3 cm³/mol. The zero-order valence-corrected chi connectivity index (χ0v) is 9.61. The van der Waals surface area contributed by atoms with Crippen molar-refractivity contribution in [3.05, 3.63) is 34.4 Å². The lowest BCUT2D eigenvalue weighted by Crippen LogP contribution is -2.24. The number of carboxylic acid groups (broad SMARTS) is 1. The summed E-state index contributed by atoms with van der Waals surface area (Å²) in [4.78, 5) is 32.2. The summed E-state index contributed by atoms with van der Waals surface area (Å²) in [6.07, 6.45) is -0.562. The molecule has 0 unspecified atom stereocenters. The summed E-state index contributed by atoms with van der Waals surface area (Å²) in [6, 6.07) is 5.39. The maximum absolute atomic E-state index is 11.7. The maximum Gasteiger partial charge on any atom is 0.271 e. The van der Waals surface area contributed by atoms with E-state index in [4.69, 9.17) is 0 Å². The zero-order valence-electron chi connectivity index (χ0n) is 9.61. The Morgan fingerprint density at radius 2 is 2.21 bits per heavy atom. The Bertz CT molecular complexity index is 596. The zero-order chi connectivity index (χ0) is 14.0. The number of aliphatic carboxylic acids is 1. The molecule has 0 radical (unpaired) electrons. The molecule has 0 saturated carbocycles. The SMILES string of the molecule is O=C([O-])CC1=NN(c2cccc([N+](=O)[O-])c2)C(=O)C1. The van der Waals surface area contributed by atoms with Crippen LogP contribution in [-0.2, 0) is 9.59 Å². The van der Waals surface area contributed by atoms with E-state index in [1.54, 1.807) is 0 Å². The number of nitro groups is 1. The second-order valence-corrected chi connectivity index (χ2v) is 3.87. The molecule has 1 aromatic rings. The first kappa shape index (κ1) is 12.7. The molecule has 98 valence electrons. The van der Waals surface area contributed by atoms with Gasteiger partial charge in [0.05, 0.1) is 22.7 Å². The molecule has 0 spiro atoms. The molecule has 0 saturated heterocycles. The number of hydrazone groups is 1. The largest absolute Gasteiger partial charge is 0.550 e. The van der Waals surface area contributed by atoms with Gasteiger partial charge in [0.2, 0.25) is 0 Å². The fourth-order valence-corrected chi connectivity index (χ4v) is 1.69. The minimum Gasteiger partial charge on any atom is -0.550 e. The number of rotatable bonds is 4. The number of non-ortho nitro benzene ring substituents is 1. The number of carboxylic acids is 1. The maximum atomic E-state index is 11.7. The number of nitro benzene ring substituents is 1. The van der Waals surface area contributed by atoms with E-state index >= 15 is 0 Å². The van der Waals surface area contributed by atoms with E-state index in [0.717, 1.165) is 5.01 Å². The van der Waals surface area contributed by atoms with E-state index in [0.29, 0.717) is 0 Å². The summed E-state index contributed by atoms with van der Waals surface area (Å²) in [6.45, 7) is 0. The molecule has 1 aromatic carbocycles. The van der Waals surface area contributed by atoms with Crippen LogP contribution in [0.5, 0.6) is 0 Å². The molecule has 19 heavy (non-hydrogen) atoms. The van der Waals surface area contributed by atoms with Crippen LogP contribution in [0, 0.1) is 10.1 Å². The summed E-state index contributed by atoms with van der Waals surface area (Å²) in [5.74, 6) is -1.76. The number of hydrogen-bond acceptors (Lipinski definition) is 6. The Morgan fingerprint density at radius 3 is 2.84 bits per heavy atom. The number of anilines is 1. The van der Waals surface area contributed by atoms with E-state index in [9.17, 15) is 24.8 Å². The lowest BCUT2D eigenvalue weighted by Gasteiger charge is -2.10. The fraction of sp³-hybridized carbons (Fsp3) is 0.182. The van der Waals surface area contributed by atoms with Crippen molar-refractivity contribution in [2.75, 3.05) is 5.01 Å². The Hall–Kier alpha value is -2.77. The molecule has 0 aromatic heterocycles. The van der Waals surface area contributed by atoms with Crippen molar-refractivity contribution in [1.82, 2.24) is 0 Å². The molecule has 0 bridgehead atoms. The molecular formula is C11H8N3O5-. The van der Waals surface area contributed by atoms with Crippen LogP contribution >= 0.6 is 0 Å². The summed E-state index contributed by atoms with van der Waals surface area (Å²) in [5, 5.41) is 25.9. The minimum atomic E-state index is -1.33. The molecule has 8 heteroatoms. The molecule has 1 heterocycles. The summed E-state index contributed by atoms with van der Waals surface area (Å²) in [5.41, 5.74) is 0.220. The van der Waals surface area contributed by atoms with Crippen LogP contribution in [0.2, 0.25) is 0 Å². The lowest BCUT2D eigenvalue weighted by molar-refractivity contribution is -0.384. The first-order chi connectivity index (χ1) is 8.97. The van der Waals surface area contributed by atoms with Crippen molar-refractivity contribution < 1.29 is 19.6 Å². The Balaban J connectivity index is 2.28. The quantitative estimate of drug-likeness (QED) is 0.551. The minimum absolute atomic E-state index is 0.128. The van der Waals surface area contributed by atoms with Gasteiger partial charge < -0.3 is 9.90 Å². The van der Waals surface area contributed by atoms with Crippen LogP contribution in [0.4, 0.5) is 11.4 Å². The van der Waals surface area contributed by atoms with Crippen LogP contribution in [0.15, 0.2) is 29.4 Å². The molecular weight excluding hydrogens is 254 g/mol. The topological polar surface area (TPSA) is 116 Å². The van der Waals surface area contributed by atoms with Gasteiger partial charge in [-0.15, -0.1) is 0 Å². The van der Waals surface area contributed by atoms with Crippen molar-refractivity contribution in [3.8, 4) is 0 Å². The van der Waals surface area contributed by atoms with Gasteiger partial charge in [0.25, 0.3) is 11.6 Å². The number of benzene rings is 1. The van der Waals surface area contributed by atoms with Gasteiger partial charge in [-0.25, -0.2) is 5.01 Å². The van der Waals surface area contributed by atoms with Gasteiger partial charge in [-0.1, -0.05) is 6.07 Å². The summed E-state index contributed by atoms with van der Waals surface area (Å²) in [7, 11) is 0. The first-order valence-electron chi connectivity index (χ1n) is 5.31. The Morgan fingerprint density at radius 1 is 1.47 bits per heavy atom. The van der Waals surface area contributed by atoms with E-state index in [1.165, 1.54) is 24.3 Å². The molecule has 0 aliphatic carbocycles. The highest BCUT2D eigenvalue weighted by molar-refractivity contribution is 6.16. The molecule has 8 nitrogen and oxygen atoms in total. The van der Waals surface area contributed by atoms with E-state index in [-0.39, 0.29) is 23.5 Å². The summed E-state index contributed by atoms with van der Waals surface area (Å²) >= 11 is 0. The normalized spacial score (nSPS) is 14.4. The van der Waals surface area contributed by atoms with E-state index < -0.39 is 23.2 Å². The standard InChI is InChI=1S/C11H9N3O5/c15-10-4-7(5-11(16)17)12-13(10)8-2-1-3-9(6-8)14(18)19/h1-3,6H,4-5H2,(H,16,17)/p-1. The molecule has 0 fully saturated rings. The predicted octanol–water partition coefficient (Wildman–Crippen LogP) is -0.173. The van der Waals surface area contributed by atoms with E-state index in [1.807, 2.05) is 0 Å². The third-order valence-electron chi connectivity index (χ3n) is 2.47. The Labute approximate surface area is 107 Å². The average molecular weight is 262 g/mol. The fourth-order valence-electron chi connectivity index (χ4n) is 1.69. The van der Waals surface area contributed by atoms with Gasteiger partial charge in [0.1, 0.15) is 0 Å². The van der Waals surface area contributed by atoms with E-state index in [2.05, 4.69) is 5.10 Å². The highest BCUT2D eigenvalue weighted by Crippen LogP contribution is 2.25. The highest BCUT2D eigenvalue weighted by atomic mass is 16.6. The first-order valence-corrected chi connectivity index (χ1v) is 5.31. The number of carbonyl (C=O) groups is 2.